The van der Waals surface area contributed by atoms with Gasteiger partial charge in [-0.15, -0.1) is 0 Å². The van der Waals surface area contributed by atoms with Crippen LogP contribution in [0.1, 0.15) is 11.3 Å². The maximum atomic E-state index is 13.1. The van der Waals surface area contributed by atoms with Gasteiger partial charge in [-0.05, 0) is 24.6 Å². The standard InChI is InChI=1S/C21H18FN5O/c1-14-11-20(27-28-14)26-21-24-18(16-5-3-2-4-6-16)12-19(25-21)23-13-15-7-9-17(22)10-8-15/h2-12H,13H2,1H3,(H2,23,24,25,26,27). The zero-order valence-electron chi connectivity index (χ0n) is 15.2. The van der Waals surface area contributed by atoms with Crippen LogP contribution in [-0.2, 0) is 6.54 Å². The predicted molar refractivity (Wildman–Crippen MR) is 106 cm³/mol. The first-order chi connectivity index (χ1) is 13.7. The van der Waals surface area contributed by atoms with Crippen LogP contribution in [-0.4, -0.2) is 15.1 Å². The Morgan fingerprint density at radius 2 is 1.71 bits per heavy atom. The third-order valence-corrected chi connectivity index (χ3v) is 4.05. The molecule has 0 fully saturated rings. The number of nitrogens with one attached hydrogen (secondary N) is 2. The summed E-state index contributed by atoms with van der Waals surface area (Å²) in [6, 6.07) is 19.8. The van der Waals surface area contributed by atoms with Gasteiger partial charge in [-0.1, -0.05) is 47.6 Å². The summed E-state index contributed by atoms with van der Waals surface area (Å²) >= 11 is 0. The van der Waals surface area contributed by atoms with Crippen LogP contribution in [0, 0.1) is 12.7 Å². The first kappa shape index (κ1) is 17.7. The highest BCUT2D eigenvalue weighted by atomic mass is 19.1. The van der Waals surface area contributed by atoms with E-state index in [0.29, 0.717) is 29.9 Å². The van der Waals surface area contributed by atoms with E-state index >= 15 is 0 Å². The lowest BCUT2D eigenvalue weighted by atomic mass is 10.1. The lowest BCUT2D eigenvalue weighted by molar-refractivity contribution is 0.400. The molecule has 0 saturated carbocycles. The van der Waals surface area contributed by atoms with Gasteiger partial charge >= 0.3 is 0 Å². The van der Waals surface area contributed by atoms with Crippen molar-refractivity contribution in [3.8, 4) is 11.3 Å². The van der Waals surface area contributed by atoms with E-state index in [1.165, 1.54) is 12.1 Å². The van der Waals surface area contributed by atoms with Crippen molar-refractivity contribution in [3.63, 3.8) is 0 Å². The van der Waals surface area contributed by atoms with E-state index in [1.807, 2.05) is 43.3 Å². The highest BCUT2D eigenvalue weighted by Crippen LogP contribution is 2.23. The fraction of sp³-hybridized carbons (Fsp3) is 0.0952. The lowest BCUT2D eigenvalue weighted by Gasteiger charge is -2.11. The number of rotatable bonds is 6. The summed E-state index contributed by atoms with van der Waals surface area (Å²) in [6.45, 7) is 2.32. The van der Waals surface area contributed by atoms with Gasteiger partial charge < -0.3 is 15.2 Å². The molecule has 7 heteroatoms. The van der Waals surface area contributed by atoms with Crippen molar-refractivity contribution < 1.29 is 8.91 Å². The van der Waals surface area contributed by atoms with Gasteiger partial charge in [0.1, 0.15) is 17.4 Å². The first-order valence-corrected chi connectivity index (χ1v) is 8.79. The molecule has 0 spiro atoms. The smallest absolute Gasteiger partial charge is 0.231 e. The van der Waals surface area contributed by atoms with E-state index in [4.69, 9.17) is 4.52 Å². The molecule has 0 unspecified atom stereocenters. The van der Waals surface area contributed by atoms with E-state index in [-0.39, 0.29) is 5.82 Å². The van der Waals surface area contributed by atoms with E-state index < -0.39 is 0 Å². The van der Waals surface area contributed by atoms with Gasteiger partial charge in [0.05, 0.1) is 5.69 Å². The Morgan fingerprint density at radius 1 is 0.929 bits per heavy atom. The maximum Gasteiger partial charge on any atom is 0.231 e. The highest BCUT2D eigenvalue weighted by Gasteiger charge is 2.09. The van der Waals surface area contributed by atoms with Crippen molar-refractivity contribution in [1.29, 1.82) is 0 Å². The van der Waals surface area contributed by atoms with Gasteiger partial charge in [-0.3, -0.25) is 0 Å². The topological polar surface area (TPSA) is 75.9 Å². The first-order valence-electron chi connectivity index (χ1n) is 8.79. The van der Waals surface area contributed by atoms with Gasteiger partial charge in [-0.2, -0.15) is 4.98 Å². The second kappa shape index (κ2) is 7.87. The molecule has 0 bridgehead atoms. The average molecular weight is 375 g/mol. The Kier molecular flexibility index (Phi) is 4.97. The van der Waals surface area contributed by atoms with Crippen LogP contribution in [0.25, 0.3) is 11.3 Å². The number of aryl methyl sites for hydroxylation is 1. The summed E-state index contributed by atoms with van der Waals surface area (Å²) in [5, 5.41) is 10.3. The molecule has 4 aromatic rings. The summed E-state index contributed by atoms with van der Waals surface area (Å²) < 4.78 is 18.2. The van der Waals surface area contributed by atoms with Crippen LogP contribution < -0.4 is 10.6 Å². The molecule has 0 aliphatic rings. The van der Waals surface area contributed by atoms with Gasteiger partial charge in [0.25, 0.3) is 0 Å². The number of nitrogens with zero attached hydrogens (tertiary/aromatic N) is 3. The fourth-order valence-corrected chi connectivity index (χ4v) is 2.69. The largest absolute Gasteiger partial charge is 0.366 e. The molecule has 0 radical (unpaired) electrons. The summed E-state index contributed by atoms with van der Waals surface area (Å²) in [7, 11) is 0. The van der Waals surface area contributed by atoms with Crippen LogP contribution in [0.15, 0.2) is 71.3 Å². The second-order valence-electron chi connectivity index (χ2n) is 6.26. The molecule has 0 saturated heterocycles. The van der Waals surface area contributed by atoms with Crippen molar-refractivity contribution in [2.75, 3.05) is 10.6 Å². The van der Waals surface area contributed by atoms with Crippen LogP contribution in [0.4, 0.5) is 22.0 Å². The minimum Gasteiger partial charge on any atom is -0.366 e. The van der Waals surface area contributed by atoms with E-state index in [2.05, 4.69) is 25.8 Å². The quantitative estimate of drug-likeness (QED) is 0.497. The third-order valence-electron chi connectivity index (χ3n) is 4.05. The Balaban J connectivity index is 1.62. The molecule has 28 heavy (non-hydrogen) atoms. The monoisotopic (exact) mass is 375 g/mol. The molecule has 2 aromatic heterocycles. The summed E-state index contributed by atoms with van der Waals surface area (Å²) in [5.74, 6) is 2.01. The summed E-state index contributed by atoms with van der Waals surface area (Å²) in [6.07, 6.45) is 0. The minimum atomic E-state index is -0.258. The fourth-order valence-electron chi connectivity index (χ4n) is 2.69. The van der Waals surface area contributed by atoms with E-state index in [1.54, 1.807) is 18.2 Å². The number of benzene rings is 2. The summed E-state index contributed by atoms with van der Waals surface area (Å²) in [5.41, 5.74) is 2.68. The molecular formula is C21H18FN5O. The van der Waals surface area contributed by atoms with Crippen molar-refractivity contribution in [3.05, 3.63) is 83.9 Å². The van der Waals surface area contributed by atoms with Crippen molar-refractivity contribution in [2.24, 2.45) is 0 Å². The molecule has 6 nitrogen and oxygen atoms in total. The predicted octanol–water partition coefficient (Wildman–Crippen LogP) is 4.93. The molecule has 2 N–H and O–H groups in total. The van der Waals surface area contributed by atoms with Crippen molar-refractivity contribution >= 4 is 17.6 Å². The second-order valence-corrected chi connectivity index (χ2v) is 6.26. The lowest BCUT2D eigenvalue weighted by Crippen LogP contribution is -2.05. The molecule has 2 heterocycles. The third kappa shape index (κ3) is 4.32. The van der Waals surface area contributed by atoms with Crippen LogP contribution >= 0.6 is 0 Å². The van der Waals surface area contributed by atoms with Gasteiger partial charge in [-0.25, -0.2) is 9.37 Å². The number of hydrogen-bond acceptors (Lipinski definition) is 6. The molecule has 0 amide bonds. The number of anilines is 3. The van der Waals surface area contributed by atoms with Crippen LogP contribution in [0.5, 0.6) is 0 Å². The van der Waals surface area contributed by atoms with E-state index in [9.17, 15) is 4.39 Å². The van der Waals surface area contributed by atoms with E-state index in [0.717, 1.165) is 16.8 Å². The highest BCUT2D eigenvalue weighted by molar-refractivity contribution is 5.65. The zero-order valence-corrected chi connectivity index (χ0v) is 15.2. The zero-order chi connectivity index (χ0) is 19.3. The van der Waals surface area contributed by atoms with Crippen LogP contribution in [0.3, 0.4) is 0 Å². The Morgan fingerprint density at radius 3 is 2.43 bits per heavy atom. The minimum absolute atomic E-state index is 0.258. The maximum absolute atomic E-state index is 13.1. The molecule has 2 aromatic carbocycles. The molecule has 0 aliphatic carbocycles. The number of halogens is 1. The Bertz CT molecular complexity index is 1060. The van der Waals surface area contributed by atoms with Gasteiger partial charge in [0, 0.05) is 24.2 Å². The molecule has 0 aliphatic heterocycles. The average Bonchev–Trinajstić information content (AvgIpc) is 3.12. The van der Waals surface area contributed by atoms with Crippen molar-refractivity contribution in [2.45, 2.75) is 13.5 Å². The number of aromatic nitrogens is 3. The van der Waals surface area contributed by atoms with Crippen LogP contribution in [0.2, 0.25) is 0 Å². The Hall–Kier alpha value is -3.74. The molecular weight excluding hydrogens is 357 g/mol. The summed E-state index contributed by atoms with van der Waals surface area (Å²) in [4.78, 5) is 9.09. The molecule has 0 atom stereocenters. The SMILES string of the molecule is Cc1cc(Nc2nc(NCc3ccc(F)cc3)cc(-c3ccccc3)n2)no1. The van der Waals surface area contributed by atoms with Gasteiger partial charge in [0.15, 0.2) is 5.82 Å². The molecule has 4 rings (SSSR count). The Labute approximate surface area is 161 Å². The molecule has 140 valence electrons. The normalized spacial score (nSPS) is 10.6. The van der Waals surface area contributed by atoms with Crippen molar-refractivity contribution in [1.82, 2.24) is 15.1 Å². The number of hydrogen-bond donors (Lipinski definition) is 2. The van der Waals surface area contributed by atoms with Gasteiger partial charge in [0.2, 0.25) is 5.95 Å².